The maximum absolute atomic E-state index is 13.6. The first-order valence-corrected chi connectivity index (χ1v) is 8.83. The predicted octanol–water partition coefficient (Wildman–Crippen LogP) is 4.24. The number of para-hydroxylation sites is 1. The molecule has 2 N–H and O–H groups in total. The lowest BCUT2D eigenvalue weighted by atomic mass is 10.1. The van der Waals surface area contributed by atoms with Gasteiger partial charge in [-0.05, 0) is 31.0 Å². The minimum Gasteiger partial charge on any atom is -0.462 e. The Bertz CT molecular complexity index is 759. The first kappa shape index (κ1) is 18.9. The summed E-state index contributed by atoms with van der Waals surface area (Å²) in [6, 6.07) is 7.86. The second-order valence-electron chi connectivity index (χ2n) is 5.65. The van der Waals surface area contributed by atoms with Crippen LogP contribution in [0.1, 0.15) is 41.9 Å². The zero-order chi connectivity index (χ0) is 18.4. The molecule has 0 radical (unpaired) electrons. The molecular weight excluding hydrogens is 343 g/mol. The molecule has 1 heterocycles. The molecule has 0 unspecified atom stereocenters. The van der Waals surface area contributed by atoms with Crippen molar-refractivity contribution in [3.63, 3.8) is 0 Å². The summed E-state index contributed by atoms with van der Waals surface area (Å²) in [7, 11) is 0. The molecule has 1 aromatic heterocycles. The third kappa shape index (κ3) is 5.03. The zero-order valence-corrected chi connectivity index (χ0v) is 15.2. The van der Waals surface area contributed by atoms with E-state index in [-0.39, 0.29) is 30.7 Å². The molecule has 1 amide bonds. The molecule has 1 aromatic carbocycles. The Kier molecular flexibility index (Phi) is 6.52. The average molecular weight is 364 g/mol. The quantitative estimate of drug-likeness (QED) is 0.721. The Morgan fingerprint density at radius 1 is 1.28 bits per heavy atom. The van der Waals surface area contributed by atoms with Gasteiger partial charge in [0.2, 0.25) is 5.91 Å². The summed E-state index contributed by atoms with van der Waals surface area (Å²) in [4.78, 5) is 25.2. The molecular formula is C18H21FN2O3S. The second-order valence-corrected chi connectivity index (χ2v) is 6.73. The van der Waals surface area contributed by atoms with Gasteiger partial charge in [0, 0.05) is 4.88 Å². The lowest BCUT2D eigenvalue weighted by Gasteiger charge is -2.08. The highest BCUT2D eigenvalue weighted by Crippen LogP contribution is 2.33. The number of hydrogen-bond donors (Lipinski definition) is 2. The smallest absolute Gasteiger partial charge is 0.341 e. The van der Waals surface area contributed by atoms with Crippen molar-refractivity contribution in [3.05, 3.63) is 46.6 Å². The summed E-state index contributed by atoms with van der Waals surface area (Å²) in [6.45, 7) is 5.88. The standard InChI is InChI=1S/C18H21FN2O3S/c1-4-24-18(23)12-9-15(11(2)3)25-17(12)21-16(22)10-20-14-8-6-5-7-13(14)19/h5-9,11,20H,4,10H2,1-3H3,(H,21,22). The predicted molar refractivity (Wildman–Crippen MR) is 97.9 cm³/mol. The van der Waals surface area contributed by atoms with Gasteiger partial charge in [-0.2, -0.15) is 0 Å². The van der Waals surface area contributed by atoms with Crippen LogP contribution >= 0.6 is 11.3 Å². The van der Waals surface area contributed by atoms with Crippen LogP contribution in [0, 0.1) is 5.82 Å². The van der Waals surface area contributed by atoms with Crippen LogP contribution in [0.3, 0.4) is 0 Å². The fraction of sp³-hybridized carbons (Fsp3) is 0.333. The van der Waals surface area contributed by atoms with E-state index in [4.69, 9.17) is 4.74 Å². The monoisotopic (exact) mass is 364 g/mol. The molecule has 2 rings (SSSR count). The number of nitrogens with one attached hydrogen (secondary N) is 2. The van der Waals surface area contributed by atoms with Crippen molar-refractivity contribution in [2.75, 3.05) is 23.8 Å². The normalized spacial score (nSPS) is 10.6. The van der Waals surface area contributed by atoms with Crippen molar-refractivity contribution < 1.29 is 18.7 Å². The molecule has 0 atom stereocenters. The number of ether oxygens (including phenoxy) is 1. The first-order valence-electron chi connectivity index (χ1n) is 8.01. The van der Waals surface area contributed by atoms with Gasteiger partial charge >= 0.3 is 5.97 Å². The van der Waals surface area contributed by atoms with E-state index in [1.54, 1.807) is 31.2 Å². The lowest BCUT2D eigenvalue weighted by molar-refractivity contribution is -0.114. The van der Waals surface area contributed by atoms with Crippen LogP contribution in [0.5, 0.6) is 0 Å². The lowest BCUT2D eigenvalue weighted by Crippen LogP contribution is -2.22. The summed E-state index contributed by atoms with van der Waals surface area (Å²) in [5.41, 5.74) is 0.590. The molecule has 0 aliphatic rings. The van der Waals surface area contributed by atoms with Crippen LogP contribution in [0.15, 0.2) is 30.3 Å². The molecule has 2 aromatic rings. The van der Waals surface area contributed by atoms with Crippen LogP contribution in [-0.4, -0.2) is 25.0 Å². The molecule has 0 spiro atoms. The number of halogens is 1. The highest BCUT2D eigenvalue weighted by atomic mass is 32.1. The van der Waals surface area contributed by atoms with Gasteiger partial charge in [-0.1, -0.05) is 26.0 Å². The van der Waals surface area contributed by atoms with Crippen LogP contribution in [0.2, 0.25) is 0 Å². The highest BCUT2D eigenvalue weighted by Gasteiger charge is 2.20. The maximum Gasteiger partial charge on any atom is 0.341 e. The van der Waals surface area contributed by atoms with Gasteiger partial charge in [0.25, 0.3) is 0 Å². The summed E-state index contributed by atoms with van der Waals surface area (Å²) in [5.74, 6) is -1.05. The number of esters is 1. The van der Waals surface area contributed by atoms with E-state index in [1.165, 1.54) is 17.4 Å². The van der Waals surface area contributed by atoms with Crippen LogP contribution in [0.25, 0.3) is 0 Å². The number of rotatable bonds is 7. The molecule has 5 nitrogen and oxygen atoms in total. The summed E-state index contributed by atoms with van der Waals surface area (Å²) in [6.07, 6.45) is 0. The summed E-state index contributed by atoms with van der Waals surface area (Å²) >= 11 is 1.34. The van der Waals surface area contributed by atoms with Gasteiger partial charge in [0.05, 0.1) is 24.4 Å². The van der Waals surface area contributed by atoms with Crippen molar-refractivity contribution in [3.8, 4) is 0 Å². The van der Waals surface area contributed by atoms with Crippen molar-refractivity contribution in [1.29, 1.82) is 0 Å². The van der Waals surface area contributed by atoms with Crippen LogP contribution in [-0.2, 0) is 9.53 Å². The summed E-state index contributed by atoms with van der Waals surface area (Å²) < 4.78 is 18.6. The van der Waals surface area contributed by atoms with Gasteiger partial charge in [-0.3, -0.25) is 4.79 Å². The zero-order valence-electron chi connectivity index (χ0n) is 14.4. The number of amides is 1. The Morgan fingerprint density at radius 3 is 2.64 bits per heavy atom. The van der Waals surface area contributed by atoms with E-state index in [9.17, 15) is 14.0 Å². The van der Waals surface area contributed by atoms with E-state index in [0.717, 1.165) is 4.88 Å². The molecule has 0 saturated heterocycles. The Hall–Kier alpha value is -2.41. The fourth-order valence-electron chi connectivity index (χ4n) is 2.10. The third-order valence-electron chi connectivity index (χ3n) is 3.38. The van der Waals surface area contributed by atoms with Crippen molar-refractivity contribution >= 4 is 33.9 Å². The minimum absolute atomic E-state index is 0.113. The number of anilines is 2. The second kappa shape index (κ2) is 8.62. The van der Waals surface area contributed by atoms with Crippen molar-refractivity contribution in [2.24, 2.45) is 0 Å². The summed E-state index contributed by atoms with van der Waals surface area (Å²) in [5, 5.41) is 5.89. The van der Waals surface area contributed by atoms with Crippen molar-refractivity contribution in [2.45, 2.75) is 26.7 Å². The number of benzene rings is 1. The average Bonchev–Trinajstić information content (AvgIpc) is 2.98. The number of carbonyl (C=O) groups is 2. The van der Waals surface area contributed by atoms with E-state index in [0.29, 0.717) is 10.6 Å². The van der Waals surface area contributed by atoms with E-state index < -0.39 is 11.8 Å². The largest absolute Gasteiger partial charge is 0.462 e. The fourth-order valence-corrected chi connectivity index (χ4v) is 3.16. The SMILES string of the molecule is CCOC(=O)c1cc(C(C)C)sc1NC(=O)CNc1ccccc1F. The number of carbonyl (C=O) groups excluding carboxylic acids is 2. The van der Waals surface area contributed by atoms with E-state index >= 15 is 0 Å². The van der Waals surface area contributed by atoms with Gasteiger partial charge in [-0.15, -0.1) is 11.3 Å². The third-order valence-corrected chi connectivity index (χ3v) is 4.73. The molecule has 134 valence electrons. The van der Waals surface area contributed by atoms with Gasteiger partial charge in [0.1, 0.15) is 10.8 Å². The van der Waals surface area contributed by atoms with E-state index in [1.807, 2.05) is 13.8 Å². The molecule has 0 fully saturated rings. The minimum atomic E-state index is -0.469. The van der Waals surface area contributed by atoms with E-state index in [2.05, 4.69) is 10.6 Å². The molecule has 0 saturated carbocycles. The van der Waals surface area contributed by atoms with Gasteiger partial charge in [0.15, 0.2) is 0 Å². The van der Waals surface area contributed by atoms with Crippen LogP contribution in [0.4, 0.5) is 15.1 Å². The first-order chi connectivity index (χ1) is 11.9. The Balaban J connectivity index is 2.08. The van der Waals surface area contributed by atoms with Crippen LogP contribution < -0.4 is 10.6 Å². The van der Waals surface area contributed by atoms with Gasteiger partial charge < -0.3 is 15.4 Å². The Labute approximate surface area is 150 Å². The molecule has 7 heteroatoms. The number of hydrogen-bond acceptors (Lipinski definition) is 5. The number of thiophene rings is 1. The highest BCUT2D eigenvalue weighted by molar-refractivity contribution is 7.16. The molecule has 25 heavy (non-hydrogen) atoms. The molecule has 0 bridgehead atoms. The maximum atomic E-state index is 13.6. The Morgan fingerprint density at radius 2 is 2.00 bits per heavy atom. The van der Waals surface area contributed by atoms with Crippen molar-refractivity contribution in [1.82, 2.24) is 0 Å². The molecule has 0 aliphatic heterocycles. The molecule has 0 aliphatic carbocycles. The van der Waals surface area contributed by atoms with Gasteiger partial charge in [-0.25, -0.2) is 9.18 Å². The topological polar surface area (TPSA) is 67.4 Å².